The Hall–Kier alpha value is -3.15. The van der Waals surface area contributed by atoms with E-state index in [1.165, 1.54) is 28.7 Å². The lowest BCUT2D eigenvalue weighted by Crippen LogP contribution is -1.97. The third-order valence-electron chi connectivity index (χ3n) is 4.39. The molecule has 0 aliphatic carbocycles. The third kappa shape index (κ3) is 3.88. The van der Waals surface area contributed by atoms with Crippen LogP contribution in [-0.2, 0) is 7.05 Å². The number of nitrogens with zero attached hydrogens (tertiary/aromatic N) is 5. The van der Waals surface area contributed by atoms with Crippen molar-refractivity contribution in [2.45, 2.75) is 12.1 Å². The zero-order chi connectivity index (χ0) is 20.4. The van der Waals surface area contributed by atoms with Crippen molar-refractivity contribution in [1.29, 1.82) is 5.26 Å². The van der Waals surface area contributed by atoms with E-state index in [0.29, 0.717) is 10.2 Å². The van der Waals surface area contributed by atoms with Crippen LogP contribution >= 0.6 is 23.1 Å². The molecule has 2 aromatic heterocycles. The first-order chi connectivity index (χ1) is 14.1. The maximum atomic E-state index is 10.5. The summed E-state index contributed by atoms with van der Waals surface area (Å²) in [7, 11) is 1.89. The summed E-state index contributed by atoms with van der Waals surface area (Å²) in [5.74, 6) is 0.942. The average molecular weight is 420 g/mol. The summed E-state index contributed by atoms with van der Waals surface area (Å²) in [5, 5.41) is 29.8. The molecule has 0 aliphatic rings. The minimum absolute atomic E-state index is 0.0172. The highest BCUT2D eigenvalue weighted by Crippen LogP contribution is 2.30. The average Bonchev–Trinajstić information content (AvgIpc) is 3.31. The topological polar surface area (TPSA) is 87.6 Å². The largest absolute Gasteiger partial charge is 0.510 e. The number of allylic oxidation sites excluding steroid dienone is 1. The van der Waals surface area contributed by atoms with Crippen LogP contribution in [0.15, 0.2) is 59.4 Å². The summed E-state index contributed by atoms with van der Waals surface area (Å²) in [4.78, 5) is 4.46. The van der Waals surface area contributed by atoms with E-state index in [2.05, 4.69) is 21.3 Å². The number of aliphatic hydroxyl groups excluding tert-OH is 1. The number of fused-ring (bicyclic) bond motifs is 1. The van der Waals surface area contributed by atoms with Crippen LogP contribution in [0.3, 0.4) is 0 Å². The molecule has 0 unspecified atom stereocenters. The number of aromatic nitrogens is 4. The number of aryl methyl sites for hydroxylation is 1. The Morgan fingerprint density at radius 3 is 2.66 bits per heavy atom. The summed E-state index contributed by atoms with van der Waals surface area (Å²) in [5.41, 5.74) is 3.17. The maximum Gasteiger partial charge on any atom is 0.191 e. The van der Waals surface area contributed by atoms with E-state index in [4.69, 9.17) is 0 Å². The van der Waals surface area contributed by atoms with Gasteiger partial charge < -0.3 is 9.67 Å². The summed E-state index contributed by atoms with van der Waals surface area (Å²) < 4.78 is 2.86. The number of benzene rings is 2. The van der Waals surface area contributed by atoms with Crippen LogP contribution in [0.4, 0.5) is 0 Å². The maximum absolute atomic E-state index is 10.5. The third-order valence-corrected chi connectivity index (χ3v) is 6.48. The molecule has 0 amide bonds. The molecule has 4 rings (SSSR count). The van der Waals surface area contributed by atoms with Crippen LogP contribution in [0.2, 0.25) is 0 Å². The van der Waals surface area contributed by atoms with E-state index >= 15 is 0 Å². The van der Waals surface area contributed by atoms with Crippen molar-refractivity contribution < 1.29 is 5.11 Å². The van der Waals surface area contributed by atoms with Gasteiger partial charge in [0.25, 0.3) is 0 Å². The second-order valence-electron chi connectivity index (χ2n) is 6.44. The molecule has 6 nitrogen and oxygen atoms in total. The summed E-state index contributed by atoms with van der Waals surface area (Å²) in [6.07, 6.45) is 0. The molecule has 0 atom stereocenters. The van der Waals surface area contributed by atoms with Crippen LogP contribution in [0, 0.1) is 18.3 Å². The SMILES string of the molecule is Cc1ccc(-c2nnc(SC/C(O)=C(\C#N)c3nc4ccccc4s3)n2C)cc1. The minimum Gasteiger partial charge on any atom is -0.510 e. The van der Waals surface area contributed by atoms with E-state index in [0.717, 1.165) is 21.6 Å². The summed E-state index contributed by atoms with van der Waals surface area (Å²) >= 11 is 2.72. The molecule has 1 N–H and O–H groups in total. The zero-order valence-corrected chi connectivity index (χ0v) is 17.5. The van der Waals surface area contributed by atoms with Gasteiger partial charge in [-0.25, -0.2) is 4.98 Å². The fourth-order valence-electron chi connectivity index (χ4n) is 2.81. The van der Waals surface area contributed by atoms with E-state index in [9.17, 15) is 10.4 Å². The molecular weight excluding hydrogens is 402 g/mol. The van der Waals surface area contributed by atoms with Crippen molar-refractivity contribution in [2.24, 2.45) is 7.05 Å². The van der Waals surface area contributed by atoms with Crippen LogP contribution in [0.25, 0.3) is 27.2 Å². The van der Waals surface area contributed by atoms with E-state index < -0.39 is 0 Å². The highest BCUT2D eigenvalue weighted by molar-refractivity contribution is 7.99. The van der Waals surface area contributed by atoms with Gasteiger partial charge in [0.15, 0.2) is 11.0 Å². The van der Waals surface area contributed by atoms with Crippen LogP contribution in [-0.4, -0.2) is 30.6 Å². The normalized spacial score (nSPS) is 12.0. The van der Waals surface area contributed by atoms with Crippen LogP contribution in [0.1, 0.15) is 10.6 Å². The Morgan fingerprint density at radius 1 is 1.17 bits per heavy atom. The van der Waals surface area contributed by atoms with Crippen molar-refractivity contribution in [3.63, 3.8) is 0 Å². The summed E-state index contributed by atoms with van der Waals surface area (Å²) in [6, 6.07) is 17.8. The number of thiazole rings is 1. The molecule has 2 heterocycles. The minimum atomic E-state index is -0.0172. The molecule has 2 aromatic carbocycles. The number of hydrogen-bond donors (Lipinski definition) is 1. The second-order valence-corrected chi connectivity index (χ2v) is 8.41. The summed E-state index contributed by atoms with van der Waals surface area (Å²) in [6.45, 7) is 2.04. The van der Waals surface area contributed by atoms with Gasteiger partial charge in [-0.1, -0.05) is 53.7 Å². The van der Waals surface area contributed by atoms with E-state index in [1.54, 1.807) is 0 Å². The monoisotopic (exact) mass is 419 g/mol. The Balaban J connectivity index is 1.56. The van der Waals surface area contributed by atoms with Crippen molar-refractivity contribution in [3.05, 3.63) is 64.9 Å². The van der Waals surface area contributed by atoms with Crippen molar-refractivity contribution >= 4 is 38.9 Å². The van der Waals surface area contributed by atoms with Gasteiger partial charge >= 0.3 is 0 Å². The number of aliphatic hydroxyl groups is 1. The Bertz CT molecular complexity index is 1220. The highest BCUT2D eigenvalue weighted by atomic mass is 32.2. The molecule has 0 bridgehead atoms. The van der Waals surface area contributed by atoms with E-state index in [-0.39, 0.29) is 17.1 Å². The molecular formula is C21H17N5OS2. The lowest BCUT2D eigenvalue weighted by molar-refractivity contribution is 0.420. The smallest absolute Gasteiger partial charge is 0.191 e. The molecule has 29 heavy (non-hydrogen) atoms. The number of nitriles is 1. The zero-order valence-electron chi connectivity index (χ0n) is 15.8. The molecule has 0 saturated heterocycles. The lowest BCUT2D eigenvalue weighted by atomic mass is 10.1. The van der Waals surface area contributed by atoms with Gasteiger partial charge in [-0.2, -0.15) is 5.26 Å². The highest BCUT2D eigenvalue weighted by Gasteiger charge is 2.16. The number of rotatable bonds is 5. The fraction of sp³-hybridized carbons (Fsp3) is 0.143. The molecule has 0 spiro atoms. The molecule has 144 valence electrons. The Morgan fingerprint density at radius 2 is 1.93 bits per heavy atom. The molecule has 8 heteroatoms. The van der Waals surface area contributed by atoms with Crippen LogP contribution < -0.4 is 0 Å². The van der Waals surface area contributed by atoms with E-state index in [1.807, 2.05) is 67.1 Å². The first-order valence-electron chi connectivity index (χ1n) is 8.84. The predicted octanol–water partition coefficient (Wildman–Crippen LogP) is 4.99. The Labute approximate surface area is 176 Å². The lowest BCUT2D eigenvalue weighted by Gasteiger charge is -2.05. The number of para-hydroxylation sites is 1. The molecule has 0 radical (unpaired) electrons. The number of hydrogen-bond acceptors (Lipinski definition) is 7. The van der Waals surface area contributed by atoms with Crippen LogP contribution in [0.5, 0.6) is 0 Å². The van der Waals surface area contributed by atoms with Crippen molar-refractivity contribution in [1.82, 2.24) is 19.7 Å². The van der Waals surface area contributed by atoms with Gasteiger partial charge in [-0.15, -0.1) is 21.5 Å². The standard InChI is InChI=1S/C21H17N5OS2/c1-13-7-9-14(10-8-13)19-24-25-21(26(19)2)28-12-17(27)15(11-22)20-23-16-5-3-4-6-18(16)29-20/h3-10,27H,12H2,1-2H3/b17-15-. The molecule has 0 aliphatic heterocycles. The Kier molecular flexibility index (Phi) is 5.34. The predicted molar refractivity (Wildman–Crippen MR) is 117 cm³/mol. The number of thioether (sulfide) groups is 1. The van der Waals surface area contributed by atoms with Gasteiger partial charge in [0.05, 0.1) is 16.0 Å². The van der Waals surface area contributed by atoms with Gasteiger partial charge in [-0.3, -0.25) is 0 Å². The molecule has 0 fully saturated rings. The van der Waals surface area contributed by atoms with Gasteiger partial charge in [0, 0.05) is 12.6 Å². The molecule has 0 saturated carbocycles. The van der Waals surface area contributed by atoms with Gasteiger partial charge in [0.1, 0.15) is 22.4 Å². The van der Waals surface area contributed by atoms with Crippen molar-refractivity contribution in [2.75, 3.05) is 5.75 Å². The van der Waals surface area contributed by atoms with Gasteiger partial charge in [0.2, 0.25) is 0 Å². The first-order valence-corrected chi connectivity index (χ1v) is 10.6. The fourth-order valence-corrected chi connectivity index (χ4v) is 4.59. The quantitative estimate of drug-likeness (QED) is 0.279. The van der Waals surface area contributed by atoms with Gasteiger partial charge in [-0.05, 0) is 19.1 Å². The second kappa shape index (κ2) is 8.07. The van der Waals surface area contributed by atoms with Crippen molar-refractivity contribution in [3.8, 4) is 17.5 Å². The first kappa shape index (κ1) is 19.2. The molecule has 4 aromatic rings.